The fraction of sp³-hybridized carbons (Fsp3) is 0.250. The van der Waals surface area contributed by atoms with Gasteiger partial charge in [0, 0.05) is 11.8 Å². The summed E-state index contributed by atoms with van der Waals surface area (Å²) in [5.74, 6) is 1.13. The molecule has 0 bridgehead atoms. The second kappa shape index (κ2) is 7.14. The van der Waals surface area contributed by atoms with E-state index in [0.717, 1.165) is 4.34 Å². The van der Waals surface area contributed by atoms with E-state index in [2.05, 4.69) is 20.8 Å². The van der Waals surface area contributed by atoms with Gasteiger partial charge in [-0.1, -0.05) is 23.1 Å². The third-order valence-corrected chi connectivity index (χ3v) is 4.26. The van der Waals surface area contributed by atoms with Crippen LogP contribution in [0.4, 0.5) is 15.6 Å². The number of rotatable bonds is 5. The lowest BCUT2D eigenvalue weighted by molar-refractivity contribution is 0.262. The summed E-state index contributed by atoms with van der Waals surface area (Å²) in [6, 6.07) is 4.71. The molecule has 1 aromatic heterocycles. The number of carbonyl (C=O) groups excluding carboxylic acids is 1. The second-order valence-corrected chi connectivity index (χ2v) is 5.76. The lowest BCUT2D eigenvalue weighted by Crippen LogP contribution is -2.19. The number of methoxy groups -OCH3 is 2. The van der Waals surface area contributed by atoms with E-state index in [1.54, 1.807) is 25.3 Å². The second-order valence-electron chi connectivity index (χ2n) is 3.73. The molecular weight excluding hydrogens is 312 g/mol. The average Bonchev–Trinajstić information content (AvgIpc) is 2.94. The first-order valence-corrected chi connectivity index (χ1v) is 7.88. The van der Waals surface area contributed by atoms with Crippen molar-refractivity contribution in [3.63, 3.8) is 0 Å². The molecule has 2 aromatic rings. The van der Waals surface area contributed by atoms with E-state index >= 15 is 0 Å². The molecule has 0 unspecified atom stereocenters. The summed E-state index contributed by atoms with van der Waals surface area (Å²) >= 11 is 2.78. The van der Waals surface area contributed by atoms with Crippen molar-refractivity contribution >= 4 is 39.9 Å². The van der Waals surface area contributed by atoms with E-state index in [0.29, 0.717) is 22.3 Å². The molecule has 2 N–H and O–H groups in total. The van der Waals surface area contributed by atoms with Gasteiger partial charge in [0.1, 0.15) is 0 Å². The first-order valence-electron chi connectivity index (χ1n) is 5.83. The molecule has 0 atom stereocenters. The van der Waals surface area contributed by atoms with Gasteiger partial charge < -0.3 is 14.8 Å². The van der Waals surface area contributed by atoms with Crippen LogP contribution in [0.25, 0.3) is 0 Å². The number of benzene rings is 1. The number of ether oxygens (including phenoxy) is 2. The molecule has 21 heavy (non-hydrogen) atoms. The highest BCUT2D eigenvalue weighted by atomic mass is 32.2. The Labute approximate surface area is 130 Å². The van der Waals surface area contributed by atoms with Crippen molar-refractivity contribution in [2.75, 3.05) is 31.1 Å². The third-order valence-electron chi connectivity index (χ3n) is 2.44. The molecule has 2 amide bonds. The Morgan fingerprint density at radius 3 is 2.57 bits per heavy atom. The Morgan fingerprint density at radius 1 is 1.19 bits per heavy atom. The minimum absolute atomic E-state index is 0.397. The Bertz CT molecular complexity index is 633. The van der Waals surface area contributed by atoms with Crippen molar-refractivity contribution in [2.45, 2.75) is 4.34 Å². The number of urea groups is 1. The van der Waals surface area contributed by atoms with E-state index in [1.165, 1.54) is 30.2 Å². The number of nitrogens with zero attached hydrogens (tertiary/aromatic N) is 2. The highest BCUT2D eigenvalue weighted by Crippen LogP contribution is 2.30. The summed E-state index contributed by atoms with van der Waals surface area (Å²) in [5, 5.41) is 13.5. The van der Waals surface area contributed by atoms with Gasteiger partial charge in [0.15, 0.2) is 15.8 Å². The smallest absolute Gasteiger partial charge is 0.325 e. The third kappa shape index (κ3) is 3.99. The van der Waals surface area contributed by atoms with Gasteiger partial charge in [-0.15, -0.1) is 10.2 Å². The van der Waals surface area contributed by atoms with Crippen LogP contribution in [0.1, 0.15) is 0 Å². The van der Waals surface area contributed by atoms with Crippen molar-refractivity contribution in [3.05, 3.63) is 18.2 Å². The number of carbonyl (C=O) groups is 1. The minimum Gasteiger partial charge on any atom is -0.493 e. The predicted octanol–water partition coefficient (Wildman–Crippen LogP) is 2.92. The molecule has 0 fully saturated rings. The SMILES string of the molecule is COc1ccc(NC(=O)Nc2nnc(SC)s2)cc1OC. The highest BCUT2D eigenvalue weighted by Gasteiger charge is 2.10. The fourth-order valence-electron chi connectivity index (χ4n) is 1.52. The number of nitrogens with one attached hydrogen (secondary N) is 2. The van der Waals surface area contributed by atoms with Crippen LogP contribution in [0, 0.1) is 0 Å². The van der Waals surface area contributed by atoms with Gasteiger partial charge in [0.05, 0.1) is 14.2 Å². The number of thioether (sulfide) groups is 1. The van der Waals surface area contributed by atoms with Gasteiger partial charge in [-0.2, -0.15) is 0 Å². The normalized spacial score (nSPS) is 10.0. The molecule has 0 saturated carbocycles. The Balaban J connectivity index is 2.02. The van der Waals surface area contributed by atoms with Crippen LogP contribution in [-0.4, -0.2) is 36.7 Å². The molecule has 0 saturated heterocycles. The summed E-state index contributed by atoms with van der Waals surface area (Å²) in [6.07, 6.45) is 1.90. The summed E-state index contributed by atoms with van der Waals surface area (Å²) in [6.45, 7) is 0. The minimum atomic E-state index is -0.397. The number of amides is 2. The maximum Gasteiger partial charge on any atom is 0.325 e. The zero-order valence-corrected chi connectivity index (χ0v) is 13.3. The van der Waals surface area contributed by atoms with Crippen molar-refractivity contribution in [1.82, 2.24) is 10.2 Å². The van der Waals surface area contributed by atoms with Crippen LogP contribution < -0.4 is 20.1 Å². The summed E-state index contributed by atoms with van der Waals surface area (Å²) in [7, 11) is 3.09. The summed E-state index contributed by atoms with van der Waals surface area (Å²) < 4.78 is 11.1. The fourth-order valence-corrected chi connectivity index (χ4v) is 2.68. The van der Waals surface area contributed by atoms with Crippen LogP contribution in [0.3, 0.4) is 0 Å². The number of aromatic nitrogens is 2. The van der Waals surface area contributed by atoms with E-state index in [4.69, 9.17) is 9.47 Å². The van der Waals surface area contributed by atoms with Crippen LogP contribution in [0.15, 0.2) is 22.5 Å². The Hall–Kier alpha value is -2.00. The van der Waals surface area contributed by atoms with Gasteiger partial charge in [0.2, 0.25) is 5.13 Å². The van der Waals surface area contributed by atoms with Gasteiger partial charge in [-0.3, -0.25) is 5.32 Å². The Kier molecular flexibility index (Phi) is 5.23. The summed E-state index contributed by atoms with van der Waals surface area (Å²) in [4.78, 5) is 11.9. The highest BCUT2D eigenvalue weighted by molar-refractivity contribution is 8.00. The van der Waals surface area contributed by atoms with Crippen molar-refractivity contribution in [1.29, 1.82) is 0 Å². The van der Waals surface area contributed by atoms with Crippen LogP contribution in [0.2, 0.25) is 0 Å². The molecular formula is C12H14N4O3S2. The van der Waals surface area contributed by atoms with Crippen molar-refractivity contribution < 1.29 is 14.3 Å². The number of anilines is 2. The van der Waals surface area contributed by atoms with Crippen LogP contribution in [-0.2, 0) is 0 Å². The quantitative estimate of drug-likeness (QED) is 0.649. The van der Waals surface area contributed by atoms with Gasteiger partial charge in [-0.25, -0.2) is 4.79 Å². The molecule has 0 radical (unpaired) electrons. The van der Waals surface area contributed by atoms with Crippen LogP contribution in [0.5, 0.6) is 11.5 Å². The molecule has 7 nitrogen and oxygen atoms in total. The van der Waals surface area contributed by atoms with Crippen molar-refractivity contribution in [2.24, 2.45) is 0 Å². The zero-order valence-electron chi connectivity index (χ0n) is 11.7. The molecule has 2 rings (SSSR count). The van der Waals surface area contributed by atoms with Gasteiger partial charge in [0.25, 0.3) is 0 Å². The molecule has 9 heteroatoms. The van der Waals surface area contributed by atoms with Gasteiger partial charge in [-0.05, 0) is 18.4 Å². The first kappa shape index (κ1) is 15.4. The standard InChI is InChI=1S/C12H14N4O3S2/c1-18-8-5-4-7(6-9(8)19-2)13-10(17)14-11-15-16-12(20-3)21-11/h4-6H,1-3H3,(H2,13,14,15,17). The average molecular weight is 326 g/mol. The molecule has 112 valence electrons. The van der Waals surface area contributed by atoms with Crippen LogP contribution >= 0.6 is 23.1 Å². The molecule has 0 aliphatic carbocycles. The maximum absolute atomic E-state index is 11.9. The molecule has 0 aliphatic rings. The largest absolute Gasteiger partial charge is 0.493 e. The lowest BCUT2D eigenvalue weighted by atomic mass is 10.3. The number of hydrogen-bond donors (Lipinski definition) is 2. The van der Waals surface area contributed by atoms with Crippen molar-refractivity contribution in [3.8, 4) is 11.5 Å². The predicted molar refractivity (Wildman–Crippen MR) is 83.9 cm³/mol. The van der Waals surface area contributed by atoms with E-state index < -0.39 is 6.03 Å². The molecule has 0 aliphatic heterocycles. The molecule has 1 heterocycles. The zero-order chi connectivity index (χ0) is 15.2. The van der Waals surface area contributed by atoms with E-state index in [9.17, 15) is 4.79 Å². The van der Waals surface area contributed by atoms with Gasteiger partial charge >= 0.3 is 6.03 Å². The van der Waals surface area contributed by atoms with E-state index in [-0.39, 0.29) is 0 Å². The topological polar surface area (TPSA) is 85.4 Å². The maximum atomic E-state index is 11.9. The molecule has 1 aromatic carbocycles. The summed E-state index contributed by atoms with van der Waals surface area (Å²) in [5.41, 5.74) is 0.583. The lowest BCUT2D eigenvalue weighted by Gasteiger charge is -2.10. The molecule has 0 spiro atoms. The monoisotopic (exact) mass is 326 g/mol. The first-order chi connectivity index (χ1) is 10.2. The number of hydrogen-bond acceptors (Lipinski definition) is 7. The Morgan fingerprint density at radius 2 is 1.95 bits per heavy atom. The van der Waals surface area contributed by atoms with E-state index in [1.807, 2.05) is 6.26 Å².